The predicted octanol–water partition coefficient (Wildman–Crippen LogP) is 3.04. The van der Waals surface area contributed by atoms with Crippen LogP contribution < -0.4 is 9.47 Å². The van der Waals surface area contributed by atoms with Crippen LogP contribution >= 0.6 is 0 Å². The summed E-state index contributed by atoms with van der Waals surface area (Å²) in [5, 5.41) is 27.3. The highest BCUT2D eigenvalue weighted by Crippen LogP contribution is 2.45. The molecule has 1 aliphatic rings. The van der Waals surface area contributed by atoms with Crippen LogP contribution in [0.2, 0.25) is 0 Å². The third-order valence-corrected chi connectivity index (χ3v) is 5.42. The average molecular weight is 423 g/mol. The van der Waals surface area contributed by atoms with Gasteiger partial charge in [0.15, 0.2) is 11.5 Å². The van der Waals surface area contributed by atoms with Crippen LogP contribution in [0, 0.1) is 6.92 Å². The smallest absolute Gasteiger partial charge is 0.273 e. The van der Waals surface area contributed by atoms with E-state index in [-0.39, 0.29) is 24.8 Å². The standard InChI is InChI=1S/C23H25N3O5/c1-4-31-17-8-6-14(12-18(17)30-3)22-19-20(15-11-13(2)5-7-16(15)28)24-25-21(19)23(29)26(22)9-10-27/h5-8,11-12,22,27-28H,4,9-10H2,1-3H3,(H,24,25). The van der Waals surface area contributed by atoms with Crippen molar-refractivity contribution in [3.05, 3.63) is 58.8 Å². The first-order valence-electron chi connectivity index (χ1n) is 10.1. The van der Waals surface area contributed by atoms with Crippen molar-refractivity contribution in [2.45, 2.75) is 19.9 Å². The Hall–Kier alpha value is -3.52. The highest BCUT2D eigenvalue weighted by Gasteiger charge is 2.42. The van der Waals surface area contributed by atoms with E-state index in [0.717, 1.165) is 11.1 Å². The Morgan fingerprint density at radius 2 is 2.00 bits per heavy atom. The number of amides is 1. The lowest BCUT2D eigenvalue weighted by Gasteiger charge is -2.26. The second kappa shape index (κ2) is 8.31. The van der Waals surface area contributed by atoms with E-state index in [4.69, 9.17) is 9.47 Å². The van der Waals surface area contributed by atoms with Crippen molar-refractivity contribution in [3.63, 3.8) is 0 Å². The molecule has 0 spiro atoms. The molecular weight excluding hydrogens is 398 g/mol. The minimum Gasteiger partial charge on any atom is -0.507 e. The van der Waals surface area contributed by atoms with Crippen molar-refractivity contribution < 1.29 is 24.5 Å². The molecule has 1 unspecified atom stereocenters. The van der Waals surface area contributed by atoms with Crippen LogP contribution in [0.4, 0.5) is 0 Å². The maximum absolute atomic E-state index is 13.1. The van der Waals surface area contributed by atoms with Gasteiger partial charge in [-0.25, -0.2) is 0 Å². The average Bonchev–Trinajstić information content (AvgIpc) is 3.30. The molecule has 162 valence electrons. The first-order valence-corrected chi connectivity index (χ1v) is 10.1. The van der Waals surface area contributed by atoms with Gasteiger partial charge in [-0.2, -0.15) is 5.10 Å². The molecule has 0 aliphatic carbocycles. The van der Waals surface area contributed by atoms with Crippen LogP contribution in [-0.2, 0) is 0 Å². The number of H-pyrrole nitrogens is 1. The highest BCUT2D eigenvalue weighted by molar-refractivity contribution is 6.00. The number of aliphatic hydroxyl groups is 1. The van der Waals surface area contributed by atoms with Crippen molar-refractivity contribution >= 4 is 5.91 Å². The lowest BCUT2D eigenvalue weighted by Crippen LogP contribution is -2.32. The monoisotopic (exact) mass is 423 g/mol. The molecule has 3 aromatic rings. The molecule has 1 aliphatic heterocycles. The van der Waals surface area contributed by atoms with Crippen molar-refractivity contribution in [1.29, 1.82) is 0 Å². The van der Waals surface area contributed by atoms with Gasteiger partial charge in [0.2, 0.25) is 0 Å². The first-order chi connectivity index (χ1) is 15.0. The van der Waals surface area contributed by atoms with Crippen LogP contribution in [0.5, 0.6) is 17.2 Å². The molecule has 2 heterocycles. The quantitative estimate of drug-likeness (QED) is 0.539. The van der Waals surface area contributed by atoms with Gasteiger partial charge in [0.25, 0.3) is 5.91 Å². The molecule has 1 atom stereocenters. The number of β-amino-alcohol motifs (C(OH)–C–C–N with tert-alkyl or cyclic N) is 1. The number of methoxy groups -OCH3 is 1. The summed E-state index contributed by atoms with van der Waals surface area (Å²) < 4.78 is 11.1. The van der Waals surface area contributed by atoms with Gasteiger partial charge in [-0.1, -0.05) is 17.7 Å². The fraction of sp³-hybridized carbons (Fsp3) is 0.304. The number of benzene rings is 2. The van der Waals surface area contributed by atoms with E-state index in [2.05, 4.69) is 10.2 Å². The summed E-state index contributed by atoms with van der Waals surface area (Å²) in [7, 11) is 1.56. The lowest BCUT2D eigenvalue weighted by atomic mass is 9.95. The Labute approximate surface area is 180 Å². The number of rotatable bonds is 7. The summed E-state index contributed by atoms with van der Waals surface area (Å²) in [4.78, 5) is 14.7. The maximum atomic E-state index is 13.1. The van der Waals surface area contributed by atoms with Crippen molar-refractivity contribution in [3.8, 4) is 28.5 Å². The Morgan fingerprint density at radius 3 is 2.71 bits per heavy atom. The van der Waals surface area contributed by atoms with Gasteiger partial charge in [-0.15, -0.1) is 0 Å². The van der Waals surface area contributed by atoms with Gasteiger partial charge in [-0.05, 0) is 43.7 Å². The van der Waals surface area contributed by atoms with Gasteiger partial charge >= 0.3 is 0 Å². The number of phenolic OH excluding ortho intramolecular Hbond substituents is 1. The molecular formula is C23H25N3O5. The molecule has 8 heteroatoms. The summed E-state index contributed by atoms with van der Waals surface area (Å²) in [6, 6.07) is 10.3. The van der Waals surface area contributed by atoms with Crippen LogP contribution in [0.1, 0.15) is 40.1 Å². The van der Waals surface area contributed by atoms with Gasteiger partial charge in [0, 0.05) is 17.7 Å². The molecule has 0 bridgehead atoms. The lowest BCUT2D eigenvalue weighted by molar-refractivity contribution is 0.0706. The number of hydrogen-bond donors (Lipinski definition) is 3. The zero-order chi connectivity index (χ0) is 22.1. The fourth-order valence-electron chi connectivity index (χ4n) is 4.06. The van der Waals surface area contributed by atoms with Gasteiger partial charge in [0.05, 0.1) is 26.4 Å². The molecule has 8 nitrogen and oxygen atoms in total. The highest BCUT2D eigenvalue weighted by atomic mass is 16.5. The summed E-state index contributed by atoms with van der Waals surface area (Å²) in [6.07, 6.45) is 0. The molecule has 0 saturated carbocycles. The van der Waals surface area contributed by atoms with Crippen LogP contribution in [0.25, 0.3) is 11.3 Å². The van der Waals surface area contributed by atoms with E-state index in [9.17, 15) is 15.0 Å². The number of aryl methyl sites for hydroxylation is 1. The molecule has 0 fully saturated rings. The summed E-state index contributed by atoms with van der Waals surface area (Å²) >= 11 is 0. The van der Waals surface area contributed by atoms with Gasteiger partial charge in [0.1, 0.15) is 17.1 Å². The second-order valence-electron chi connectivity index (χ2n) is 7.35. The van der Waals surface area contributed by atoms with E-state index in [1.165, 1.54) is 0 Å². The Morgan fingerprint density at radius 1 is 1.19 bits per heavy atom. The molecule has 1 aromatic heterocycles. The summed E-state index contributed by atoms with van der Waals surface area (Å²) in [6.45, 7) is 4.29. The largest absolute Gasteiger partial charge is 0.507 e. The number of fused-ring (bicyclic) bond motifs is 1. The molecule has 31 heavy (non-hydrogen) atoms. The number of nitrogens with one attached hydrogen (secondary N) is 1. The molecule has 4 rings (SSSR count). The summed E-state index contributed by atoms with van der Waals surface area (Å²) in [5.41, 5.74) is 3.80. The van der Waals surface area contributed by atoms with E-state index in [0.29, 0.717) is 40.6 Å². The topological polar surface area (TPSA) is 108 Å². The molecule has 0 radical (unpaired) electrons. The normalized spacial score (nSPS) is 15.3. The van der Waals surface area contributed by atoms with Crippen molar-refractivity contribution in [2.24, 2.45) is 0 Å². The van der Waals surface area contributed by atoms with Gasteiger partial charge < -0.3 is 24.6 Å². The molecule has 2 aromatic carbocycles. The number of aromatic hydroxyl groups is 1. The number of phenols is 1. The molecule has 0 saturated heterocycles. The van der Waals surface area contributed by atoms with Gasteiger partial charge in [-0.3, -0.25) is 9.89 Å². The van der Waals surface area contributed by atoms with E-state index in [1.54, 1.807) is 24.1 Å². The van der Waals surface area contributed by atoms with Crippen molar-refractivity contribution in [2.75, 3.05) is 26.9 Å². The van der Waals surface area contributed by atoms with Crippen LogP contribution in [-0.4, -0.2) is 58.1 Å². The van der Waals surface area contributed by atoms with E-state index < -0.39 is 6.04 Å². The SMILES string of the molecule is CCOc1ccc(C2c3c(-c4cc(C)ccc4O)n[nH]c3C(=O)N2CCO)cc1OC. The number of aromatic amines is 1. The third-order valence-electron chi connectivity index (χ3n) is 5.42. The number of nitrogens with zero attached hydrogens (tertiary/aromatic N) is 2. The van der Waals surface area contributed by atoms with Crippen LogP contribution in [0.15, 0.2) is 36.4 Å². The number of hydrogen-bond acceptors (Lipinski definition) is 6. The van der Waals surface area contributed by atoms with Crippen molar-refractivity contribution in [1.82, 2.24) is 15.1 Å². The van der Waals surface area contributed by atoms with E-state index in [1.807, 2.05) is 38.1 Å². The number of aliphatic hydroxyl groups excluding tert-OH is 1. The maximum Gasteiger partial charge on any atom is 0.273 e. The third kappa shape index (κ3) is 3.48. The fourth-order valence-corrected chi connectivity index (χ4v) is 4.06. The Kier molecular flexibility index (Phi) is 5.56. The number of carbonyl (C=O) groups excluding carboxylic acids is 1. The zero-order valence-electron chi connectivity index (χ0n) is 17.7. The second-order valence-corrected chi connectivity index (χ2v) is 7.35. The zero-order valence-corrected chi connectivity index (χ0v) is 17.7. The first kappa shape index (κ1) is 20.7. The Bertz CT molecular complexity index is 1120. The predicted molar refractivity (Wildman–Crippen MR) is 115 cm³/mol. The van der Waals surface area contributed by atoms with Crippen LogP contribution in [0.3, 0.4) is 0 Å². The minimum absolute atomic E-state index is 0.0796. The number of aromatic nitrogens is 2. The number of carbonyl (C=O) groups is 1. The van der Waals surface area contributed by atoms with E-state index >= 15 is 0 Å². The number of ether oxygens (including phenoxy) is 2. The summed E-state index contributed by atoms with van der Waals surface area (Å²) in [5.74, 6) is 0.979. The molecule has 3 N–H and O–H groups in total. The minimum atomic E-state index is -0.507. The molecule has 1 amide bonds. The Balaban J connectivity index is 1.90.